The maximum atomic E-state index is 12.4. The normalized spacial score (nSPS) is 21.1. The molecule has 1 aromatic carbocycles. The number of hydrogen-bond donors (Lipinski definition) is 2. The first-order valence-electron chi connectivity index (χ1n) is 7.60. The quantitative estimate of drug-likeness (QED) is 0.819. The molecule has 3 rings (SSSR count). The molecule has 0 bridgehead atoms. The van der Waals surface area contributed by atoms with Crippen LogP contribution in [0, 0.1) is 5.92 Å². The third kappa shape index (κ3) is 4.44. The fourth-order valence-corrected chi connectivity index (χ4v) is 3.75. The number of hydrogen-bond acceptors (Lipinski definition) is 4. The Kier molecular flexibility index (Phi) is 5.67. The summed E-state index contributed by atoms with van der Waals surface area (Å²) in [6, 6.07) is 6.22. The minimum Gasteiger partial charge on any atom is -0.337 e. The van der Waals surface area contributed by atoms with Crippen LogP contribution in [0.25, 0.3) is 0 Å². The topological polar surface area (TPSA) is 92.5 Å². The van der Waals surface area contributed by atoms with E-state index in [1.807, 2.05) is 0 Å². The third-order valence-corrected chi connectivity index (χ3v) is 5.58. The van der Waals surface area contributed by atoms with Crippen molar-refractivity contribution in [3.05, 3.63) is 29.8 Å². The molecule has 1 saturated heterocycles. The summed E-state index contributed by atoms with van der Waals surface area (Å²) in [4.78, 5) is 14.2. The van der Waals surface area contributed by atoms with Gasteiger partial charge in [0.05, 0.1) is 4.90 Å². The smallest absolute Gasteiger partial charge is 0.253 e. The van der Waals surface area contributed by atoms with Crippen molar-refractivity contribution in [3.63, 3.8) is 0 Å². The number of amides is 1. The summed E-state index contributed by atoms with van der Waals surface area (Å²) in [5.41, 5.74) is 6.21. The highest BCUT2D eigenvalue weighted by Gasteiger charge is 2.27. The number of halogens is 1. The maximum Gasteiger partial charge on any atom is 0.253 e. The molecule has 8 heteroatoms. The maximum absolute atomic E-state index is 12.4. The van der Waals surface area contributed by atoms with E-state index in [0.29, 0.717) is 31.1 Å². The molecule has 1 aromatic rings. The van der Waals surface area contributed by atoms with Crippen molar-refractivity contribution in [3.8, 4) is 0 Å². The molecular formula is C15H22ClN3O3S. The molecule has 23 heavy (non-hydrogen) atoms. The molecule has 1 atom stereocenters. The van der Waals surface area contributed by atoms with Crippen molar-refractivity contribution in [2.45, 2.75) is 30.2 Å². The molecule has 0 spiro atoms. The van der Waals surface area contributed by atoms with Crippen molar-refractivity contribution >= 4 is 28.3 Å². The summed E-state index contributed by atoms with van der Waals surface area (Å²) < 4.78 is 27.1. The number of nitrogens with one attached hydrogen (secondary N) is 1. The number of nitrogens with zero attached hydrogens (tertiary/aromatic N) is 1. The standard InChI is InChI=1S/C15H21N3O3S.ClH/c16-13-6-7-18(10-13)15(19)12-2-1-3-14(8-12)22(20,21)17-9-11-4-5-11;/h1-3,8,11,13,17H,4-7,9-10,16H2;1H/t13-;/m1./s1. The first kappa shape index (κ1) is 18.2. The molecule has 1 aliphatic carbocycles. The number of likely N-dealkylation sites (tertiary alicyclic amines) is 1. The van der Waals surface area contributed by atoms with Gasteiger partial charge in [0.25, 0.3) is 5.91 Å². The van der Waals surface area contributed by atoms with Crippen molar-refractivity contribution in [1.29, 1.82) is 0 Å². The zero-order valence-corrected chi connectivity index (χ0v) is 14.4. The molecule has 1 aliphatic heterocycles. The van der Waals surface area contributed by atoms with Crippen LogP contribution in [0.2, 0.25) is 0 Å². The van der Waals surface area contributed by atoms with E-state index in [0.717, 1.165) is 19.3 Å². The van der Waals surface area contributed by atoms with Crippen LogP contribution in [0.5, 0.6) is 0 Å². The Morgan fingerprint density at radius 1 is 1.30 bits per heavy atom. The first-order valence-corrected chi connectivity index (χ1v) is 9.08. The highest BCUT2D eigenvalue weighted by atomic mass is 35.5. The molecular weight excluding hydrogens is 338 g/mol. The van der Waals surface area contributed by atoms with Gasteiger partial charge < -0.3 is 10.6 Å². The minimum absolute atomic E-state index is 0. The van der Waals surface area contributed by atoms with Crippen LogP contribution in [0.1, 0.15) is 29.6 Å². The van der Waals surface area contributed by atoms with E-state index in [4.69, 9.17) is 5.73 Å². The van der Waals surface area contributed by atoms with Gasteiger partial charge in [-0.2, -0.15) is 0 Å². The van der Waals surface area contributed by atoms with E-state index in [-0.39, 0.29) is 29.3 Å². The lowest BCUT2D eigenvalue weighted by Crippen LogP contribution is -2.32. The Morgan fingerprint density at radius 2 is 2.04 bits per heavy atom. The van der Waals surface area contributed by atoms with Gasteiger partial charge in [0.2, 0.25) is 10.0 Å². The number of rotatable bonds is 5. The van der Waals surface area contributed by atoms with Crippen LogP contribution in [0.15, 0.2) is 29.2 Å². The molecule has 3 N–H and O–H groups in total. The lowest BCUT2D eigenvalue weighted by atomic mass is 10.2. The Morgan fingerprint density at radius 3 is 2.65 bits per heavy atom. The molecule has 0 aromatic heterocycles. The van der Waals surface area contributed by atoms with Gasteiger partial charge in [-0.05, 0) is 43.4 Å². The van der Waals surface area contributed by atoms with Crippen LogP contribution in [0.4, 0.5) is 0 Å². The number of carbonyl (C=O) groups excluding carboxylic acids is 1. The Labute approximate surface area is 142 Å². The summed E-state index contributed by atoms with van der Waals surface area (Å²) in [5, 5.41) is 0. The van der Waals surface area contributed by atoms with E-state index >= 15 is 0 Å². The van der Waals surface area contributed by atoms with E-state index in [1.54, 1.807) is 17.0 Å². The zero-order chi connectivity index (χ0) is 15.7. The second-order valence-corrected chi connectivity index (χ2v) is 7.89. The van der Waals surface area contributed by atoms with Crippen molar-refractivity contribution < 1.29 is 13.2 Å². The summed E-state index contributed by atoms with van der Waals surface area (Å²) in [7, 11) is -3.55. The SMILES string of the molecule is Cl.N[C@@H]1CCN(C(=O)c2cccc(S(=O)(=O)NCC3CC3)c2)C1. The molecule has 1 heterocycles. The van der Waals surface area contributed by atoms with Gasteiger partial charge in [0, 0.05) is 31.2 Å². The van der Waals surface area contributed by atoms with Gasteiger partial charge in [-0.15, -0.1) is 12.4 Å². The van der Waals surface area contributed by atoms with Gasteiger partial charge in [0.15, 0.2) is 0 Å². The second kappa shape index (κ2) is 7.17. The average molecular weight is 360 g/mol. The largest absolute Gasteiger partial charge is 0.337 e. The van der Waals surface area contributed by atoms with E-state index in [2.05, 4.69) is 4.72 Å². The predicted octanol–water partition coefficient (Wildman–Crippen LogP) is 0.970. The zero-order valence-electron chi connectivity index (χ0n) is 12.8. The molecule has 1 saturated carbocycles. The summed E-state index contributed by atoms with van der Waals surface area (Å²) in [5.74, 6) is 0.304. The molecule has 128 valence electrons. The minimum atomic E-state index is -3.55. The van der Waals surface area contributed by atoms with Crippen LogP contribution >= 0.6 is 12.4 Å². The summed E-state index contributed by atoms with van der Waals surface area (Å²) >= 11 is 0. The number of carbonyl (C=O) groups is 1. The Hall–Kier alpha value is -1.15. The summed E-state index contributed by atoms with van der Waals surface area (Å²) in [6.07, 6.45) is 2.94. The molecule has 2 fully saturated rings. The Bertz CT molecular complexity index is 676. The highest BCUT2D eigenvalue weighted by molar-refractivity contribution is 7.89. The van der Waals surface area contributed by atoms with Gasteiger partial charge in [-0.1, -0.05) is 6.07 Å². The van der Waals surface area contributed by atoms with Crippen molar-refractivity contribution in [2.24, 2.45) is 11.7 Å². The van der Waals surface area contributed by atoms with Gasteiger partial charge >= 0.3 is 0 Å². The Balaban J connectivity index is 0.00000192. The third-order valence-electron chi connectivity index (χ3n) is 4.16. The second-order valence-electron chi connectivity index (χ2n) is 6.12. The van der Waals surface area contributed by atoms with Crippen LogP contribution in [0.3, 0.4) is 0 Å². The summed E-state index contributed by atoms with van der Waals surface area (Å²) in [6.45, 7) is 1.62. The molecule has 0 radical (unpaired) electrons. The lowest BCUT2D eigenvalue weighted by molar-refractivity contribution is 0.0790. The molecule has 6 nitrogen and oxygen atoms in total. The highest BCUT2D eigenvalue weighted by Crippen LogP contribution is 2.28. The van der Waals surface area contributed by atoms with Crippen molar-refractivity contribution in [2.75, 3.05) is 19.6 Å². The monoisotopic (exact) mass is 359 g/mol. The average Bonchev–Trinajstić information content (AvgIpc) is 3.25. The lowest BCUT2D eigenvalue weighted by Gasteiger charge is -2.16. The predicted molar refractivity (Wildman–Crippen MR) is 90.1 cm³/mol. The van der Waals surface area contributed by atoms with E-state index in [9.17, 15) is 13.2 Å². The van der Waals surface area contributed by atoms with Gasteiger partial charge in [-0.25, -0.2) is 13.1 Å². The van der Waals surface area contributed by atoms with Crippen LogP contribution in [-0.2, 0) is 10.0 Å². The fraction of sp³-hybridized carbons (Fsp3) is 0.533. The molecule has 1 amide bonds. The number of nitrogens with two attached hydrogens (primary N) is 1. The number of sulfonamides is 1. The number of benzene rings is 1. The first-order chi connectivity index (χ1) is 10.5. The van der Waals surface area contributed by atoms with E-state index < -0.39 is 10.0 Å². The van der Waals surface area contributed by atoms with Crippen molar-refractivity contribution in [1.82, 2.24) is 9.62 Å². The van der Waals surface area contributed by atoms with Gasteiger partial charge in [0.1, 0.15) is 0 Å². The molecule has 2 aliphatic rings. The van der Waals surface area contributed by atoms with Gasteiger partial charge in [-0.3, -0.25) is 4.79 Å². The van der Waals surface area contributed by atoms with Crippen LogP contribution in [-0.4, -0.2) is 44.9 Å². The van der Waals surface area contributed by atoms with Crippen LogP contribution < -0.4 is 10.5 Å². The molecule has 0 unspecified atom stereocenters. The van der Waals surface area contributed by atoms with E-state index in [1.165, 1.54) is 12.1 Å². The fourth-order valence-electron chi connectivity index (χ4n) is 2.58.